The molecule has 2 heterocycles. The predicted octanol–water partition coefficient (Wildman–Crippen LogP) is 2.57. The maximum atomic E-state index is 12.5. The van der Waals surface area contributed by atoms with Crippen molar-refractivity contribution in [2.75, 3.05) is 4.72 Å². The number of hydrogen-bond donors (Lipinski definition) is 2. The Morgan fingerprint density at radius 3 is 2.57 bits per heavy atom. The Kier molecular flexibility index (Phi) is 3.87. The van der Waals surface area contributed by atoms with Crippen LogP contribution in [0.15, 0.2) is 41.3 Å². The molecule has 0 saturated heterocycles. The lowest BCUT2D eigenvalue weighted by atomic mass is 10.2. The summed E-state index contributed by atoms with van der Waals surface area (Å²) in [5, 5.41) is 10.8. The molecular formula is C14H14ClN5O2S. The third-order valence-electron chi connectivity index (χ3n) is 3.27. The summed E-state index contributed by atoms with van der Waals surface area (Å²) in [6.07, 6.45) is 0. The van der Waals surface area contributed by atoms with Crippen LogP contribution >= 0.6 is 11.6 Å². The summed E-state index contributed by atoms with van der Waals surface area (Å²) in [6, 6.07) is 11.1. The van der Waals surface area contributed by atoms with Crippen molar-refractivity contribution in [2.24, 2.45) is 7.05 Å². The fourth-order valence-electron chi connectivity index (χ4n) is 2.24. The van der Waals surface area contributed by atoms with Crippen molar-refractivity contribution in [3.63, 3.8) is 0 Å². The van der Waals surface area contributed by atoms with Crippen molar-refractivity contribution in [2.45, 2.75) is 11.8 Å². The topological polar surface area (TPSA) is 92.7 Å². The molecule has 0 fully saturated rings. The normalized spacial score (nSPS) is 11.6. The zero-order chi connectivity index (χ0) is 16.6. The number of aryl methyl sites for hydroxylation is 2. The van der Waals surface area contributed by atoms with Gasteiger partial charge >= 0.3 is 0 Å². The SMILES string of the molecule is Cc1nn(C)c(Cl)c1S(=O)(=O)Nc1cc(-c2ccccc2)[nH]n1. The molecule has 0 atom stereocenters. The van der Waals surface area contributed by atoms with Crippen LogP contribution in [0.4, 0.5) is 5.82 Å². The van der Waals surface area contributed by atoms with E-state index in [2.05, 4.69) is 20.0 Å². The molecule has 0 bridgehead atoms. The molecule has 7 nitrogen and oxygen atoms in total. The van der Waals surface area contributed by atoms with Crippen LogP contribution in [0, 0.1) is 6.92 Å². The number of aromatic nitrogens is 4. The molecule has 0 unspecified atom stereocenters. The van der Waals surface area contributed by atoms with Gasteiger partial charge in [-0.15, -0.1) is 0 Å². The summed E-state index contributed by atoms with van der Waals surface area (Å²) in [5.41, 5.74) is 1.93. The van der Waals surface area contributed by atoms with Gasteiger partial charge in [0.1, 0.15) is 10.0 Å². The first-order valence-corrected chi connectivity index (χ1v) is 8.57. The molecule has 0 aliphatic rings. The quantitative estimate of drug-likeness (QED) is 0.755. The predicted molar refractivity (Wildman–Crippen MR) is 87.8 cm³/mol. The van der Waals surface area contributed by atoms with Gasteiger partial charge in [-0.2, -0.15) is 10.2 Å². The molecule has 0 aliphatic carbocycles. The molecule has 3 rings (SSSR count). The standard InChI is InChI=1S/C14H14ClN5O2S/c1-9-13(14(15)20(2)18-9)23(21,22)19-12-8-11(16-17-12)10-6-4-3-5-7-10/h3-8H,1-2H3,(H2,16,17,19). The molecule has 120 valence electrons. The summed E-state index contributed by atoms with van der Waals surface area (Å²) in [6.45, 7) is 1.58. The minimum absolute atomic E-state index is 0.0498. The Hall–Kier alpha value is -2.32. The van der Waals surface area contributed by atoms with Gasteiger partial charge in [0.15, 0.2) is 5.82 Å². The van der Waals surface area contributed by atoms with Crippen LogP contribution in [0.3, 0.4) is 0 Å². The highest BCUT2D eigenvalue weighted by Gasteiger charge is 2.26. The Morgan fingerprint density at radius 1 is 1.26 bits per heavy atom. The average molecular weight is 352 g/mol. The van der Waals surface area contributed by atoms with Crippen molar-refractivity contribution < 1.29 is 8.42 Å². The lowest BCUT2D eigenvalue weighted by molar-refractivity contribution is 0.600. The van der Waals surface area contributed by atoms with Gasteiger partial charge < -0.3 is 0 Å². The van der Waals surface area contributed by atoms with Gasteiger partial charge in [-0.3, -0.25) is 14.5 Å². The number of H-pyrrole nitrogens is 1. The molecule has 23 heavy (non-hydrogen) atoms. The number of sulfonamides is 1. The largest absolute Gasteiger partial charge is 0.276 e. The first-order chi connectivity index (χ1) is 10.9. The van der Waals surface area contributed by atoms with E-state index in [0.29, 0.717) is 11.4 Å². The van der Waals surface area contributed by atoms with Crippen molar-refractivity contribution in [3.05, 3.63) is 47.2 Å². The second kappa shape index (κ2) is 5.71. The van der Waals surface area contributed by atoms with E-state index in [1.807, 2.05) is 30.3 Å². The Balaban J connectivity index is 1.91. The van der Waals surface area contributed by atoms with E-state index in [-0.39, 0.29) is 15.9 Å². The summed E-state index contributed by atoms with van der Waals surface area (Å²) < 4.78 is 28.7. The van der Waals surface area contributed by atoms with Crippen molar-refractivity contribution in [1.82, 2.24) is 20.0 Å². The second-order valence-electron chi connectivity index (χ2n) is 4.97. The first-order valence-electron chi connectivity index (χ1n) is 6.71. The van der Waals surface area contributed by atoms with Crippen LogP contribution in [0.5, 0.6) is 0 Å². The monoisotopic (exact) mass is 351 g/mol. The Labute approximate surface area is 138 Å². The van der Waals surface area contributed by atoms with Crippen molar-refractivity contribution in [1.29, 1.82) is 0 Å². The molecule has 3 aromatic rings. The van der Waals surface area contributed by atoms with E-state index in [4.69, 9.17) is 11.6 Å². The zero-order valence-electron chi connectivity index (χ0n) is 12.4. The summed E-state index contributed by atoms with van der Waals surface area (Å²) >= 11 is 6.02. The highest BCUT2D eigenvalue weighted by molar-refractivity contribution is 7.92. The zero-order valence-corrected chi connectivity index (χ0v) is 14.0. The molecule has 2 aromatic heterocycles. The maximum Gasteiger partial charge on any atom is 0.268 e. The van der Waals surface area contributed by atoms with Crippen LogP contribution in [0.25, 0.3) is 11.3 Å². The summed E-state index contributed by atoms with van der Waals surface area (Å²) in [7, 11) is -2.29. The van der Waals surface area contributed by atoms with E-state index >= 15 is 0 Å². The van der Waals surface area contributed by atoms with Gasteiger partial charge in [0.2, 0.25) is 0 Å². The second-order valence-corrected chi connectivity index (χ2v) is 6.94. The number of benzene rings is 1. The third-order valence-corrected chi connectivity index (χ3v) is 5.32. The van der Waals surface area contributed by atoms with Crippen LogP contribution in [0.2, 0.25) is 5.15 Å². The smallest absolute Gasteiger partial charge is 0.268 e. The molecule has 1 aromatic carbocycles. The van der Waals surface area contributed by atoms with Gasteiger partial charge in [0.25, 0.3) is 10.0 Å². The number of hydrogen-bond acceptors (Lipinski definition) is 4. The van der Waals surface area contributed by atoms with Gasteiger partial charge in [0.05, 0.1) is 11.4 Å². The molecular weight excluding hydrogens is 338 g/mol. The minimum Gasteiger partial charge on any atom is -0.276 e. The molecule has 0 amide bonds. The fourth-order valence-corrected chi connectivity index (χ4v) is 3.99. The first kappa shape index (κ1) is 15.6. The van der Waals surface area contributed by atoms with E-state index in [1.54, 1.807) is 20.0 Å². The number of nitrogens with one attached hydrogen (secondary N) is 2. The number of halogens is 1. The fraction of sp³-hybridized carbons (Fsp3) is 0.143. The van der Waals surface area contributed by atoms with Crippen LogP contribution < -0.4 is 4.72 Å². The van der Waals surface area contributed by atoms with Gasteiger partial charge in [0, 0.05) is 13.1 Å². The van der Waals surface area contributed by atoms with E-state index < -0.39 is 10.0 Å². The van der Waals surface area contributed by atoms with Gasteiger partial charge in [-0.25, -0.2) is 8.42 Å². The molecule has 0 aliphatic heterocycles. The summed E-state index contributed by atoms with van der Waals surface area (Å²) in [4.78, 5) is -0.0501. The highest BCUT2D eigenvalue weighted by atomic mass is 35.5. The van der Waals surface area contributed by atoms with Gasteiger partial charge in [-0.1, -0.05) is 41.9 Å². The lowest BCUT2D eigenvalue weighted by Crippen LogP contribution is -2.14. The van der Waals surface area contributed by atoms with Crippen LogP contribution in [0.1, 0.15) is 5.69 Å². The maximum absolute atomic E-state index is 12.5. The number of aromatic amines is 1. The highest BCUT2D eigenvalue weighted by Crippen LogP contribution is 2.27. The average Bonchev–Trinajstić information content (AvgIpc) is 3.05. The van der Waals surface area contributed by atoms with Crippen LogP contribution in [-0.2, 0) is 17.1 Å². The van der Waals surface area contributed by atoms with Gasteiger partial charge in [-0.05, 0) is 12.5 Å². The Bertz CT molecular complexity index is 947. The third kappa shape index (κ3) is 2.95. The molecule has 0 radical (unpaired) electrons. The molecule has 2 N–H and O–H groups in total. The van der Waals surface area contributed by atoms with E-state index in [9.17, 15) is 8.42 Å². The van der Waals surface area contributed by atoms with Crippen molar-refractivity contribution >= 4 is 27.4 Å². The molecule has 0 spiro atoms. The Morgan fingerprint density at radius 2 is 1.96 bits per heavy atom. The molecule has 0 saturated carbocycles. The summed E-state index contributed by atoms with van der Waals surface area (Å²) in [5.74, 6) is 0.183. The van der Waals surface area contributed by atoms with E-state index in [1.165, 1.54) is 4.68 Å². The lowest BCUT2D eigenvalue weighted by Gasteiger charge is -2.04. The van der Waals surface area contributed by atoms with E-state index in [0.717, 1.165) is 5.56 Å². The number of rotatable bonds is 4. The van der Waals surface area contributed by atoms with Crippen molar-refractivity contribution in [3.8, 4) is 11.3 Å². The van der Waals surface area contributed by atoms with Crippen LogP contribution in [-0.4, -0.2) is 28.4 Å². The number of nitrogens with zero attached hydrogens (tertiary/aromatic N) is 3. The number of anilines is 1. The molecule has 9 heteroatoms. The minimum atomic E-state index is -3.87.